The van der Waals surface area contributed by atoms with Gasteiger partial charge in [-0.15, -0.1) is 0 Å². The van der Waals surface area contributed by atoms with Gasteiger partial charge in [0.1, 0.15) is 0 Å². The van der Waals surface area contributed by atoms with Crippen LogP contribution in [0, 0.1) is 0 Å². The number of alkyl halides is 3. The summed E-state index contributed by atoms with van der Waals surface area (Å²) in [6, 6.07) is 9.96. The van der Waals surface area contributed by atoms with E-state index in [1.807, 2.05) is 12.1 Å². The molecule has 0 spiro atoms. The third kappa shape index (κ3) is 4.85. The maximum Gasteiger partial charge on any atom is 0.417 e. The molecule has 0 unspecified atom stereocenters. The summed E-state index contributed by atoms with van der Waals surface area (Å²) < 4.78 is 71.5. The van der Waals surface area contributed by atoms with Crippen molar-refractivity contribution in [1.82, 2.24) is 4.31 Å². The van der Waals surface area contributed by atoms with Gasteiger partial charge in [-0.3, -0.25) is 0 Å². The van der Waals surface area contributed by atoms with Gasteiger partial charge in [0, 0.05) is 32.4 Å². The maximum atomic E-state index is 13.1. The Bertz CT molecular complexity index is 977. The molecule has 0 aromatic heterocycles. The Morgan fingerprint density at radius 2 is 1.79 bits per heavy atom. The molecule has 1 heterocycles. The van der Waals surface area contributed by atoms with Crippen LogP contribution in [0.3, 0.4) is 0 Å². The fourth-order valence-corrected chi connectivity index (χ4v) is 4.54. The molecule has 1 fully saturated rings. The zero-order chi connectivity index (χ0) is 21.2. The molecule has 0 radical (unpaired) electrons. The minimum absolute atomic E-state index is 0.0137. The lowest BCUT2D eigenvalue weighted by Gasteiger charge is -2.31. The topological polar surface area (TPSA) is 49.9 Å². The minimum atomic E-state index is -4.75. The second-order valence-corrected chi connectivity index (χ2v) is 9.08. The SMILES string of the molecule is CN(Cc1ccccc1N1CCOCC1)S(=O)(=O)c1ccc(Cl)c(C(F)(F)F)c1. The molecule has 1 aliphatic rings. The van der Waals surface area contributed by atoms with Crippen LogP contribution in [0.4, 0.5) is 18.9 Å². The minimum Gasteiger partial charge on any atom is -0.378 e. The summed E-state index contributed by atoms with van der Waals surface area (Å²) in [6.45, 7) is 2.53. The molecule has 0 aliphatic carbocycles. The van der Waals surface area contributed by atoms with Gasteiger partial charge in [-0.2, -0.15) is 17.5 Å². The number of ether oxygens (including phenoxy) is 1. The van der Waals surface area contributed by atoms with Crippen molar-refractivity contribution in [2.75, 3.05) is 38.3 Å². The predicted molar refractivity (Wildman–Crippen MR) is 105 cm³/mol. The van der Waals surface area contributed by atoms with Gasteiger partial charge in [0.15, 0.2) is 0 Å². The third-order valence-corrected chi connectivity index (χ3v) is 6.82. The van der Waals surface area contributed by atoms with Gasteiger partial charge in [0.05, 0.1) is 28.7 Å². The number of morpholine rings is 1. The van der Waals surface area contributed by atoms with E-state index in [1.54, 1.807) is 12.1 Å². The van der Waals surface area contributed by atoms with Gasteiger partial charge in [-0.25, -0.2) is 8.42 Å². The Labute approximate surface area is 172 Å². The molecule has 0 N–H and O–H groups in total. The van der Waals surface area contributed by atoms with Crippen LogP contribution < -0.4 is 4.90 Å². The fraction of sp³-hybridized carbons (Fsp3) is 0.368. The summed E-state index contributed by atoms with van der Waals surface area (Å²) in [5.74, 6) is 0. The molecule has 0 bridgehead atoms. The highest BCUT2D eigenvalue weighted by atomic mass is 35.5. The van der Waals surface area contributed by atoms with E-state index in [2.05, 4.69) is 4.90 Å². The lowest BCUT2D eigenvalue weighted by atomic mass is 10.1. The van der Waals surface area contributed by atoms with Crippen molar-refractivity contribution in [3.63, 3.8) is 0 Å². The van der Waals surface area contributed by atoms with E-state index in [0.717, 1.165) is 27.7 Å². The van der Waals surface area contributed by atoms with Crippen LogP contribution in [-0.4, -0.2) is 46.1 Å². The fourth-order valence-electron chi connectivity index (χ4n) is 3.14. The van der Waals surface area contributed by atoms with Crippen molar-refractivity contribution in [2.45, 2.75) is 17.6 Å². The first kappa shape index (κ1) is 21.9. The summed E-state index contributed by atoms with van der Waals surface area (Å²) >= 11 is 5.60. The second-order valence-electron chi connectivity index (χ2n) is 6.63. The van der Waals surface area contributed by atoms with Crippen molar-refractivity contribution in [1.29, 1.82) is 0 Å². The molecule has 2 aromatic rings. The third-order valence-electron chi connectivity index (χ3n) is 4.69. The number of nitrogens with zero attached hydrogens (tertiary/aromatic N) is 2. The van der Waals surface area contributed by atoms with E-state index in [9.17, 15) is 21.6 Å². The van der Waals surface area contributed by atoms with E-state index in [0.29, 0.717) is 32.4 Å². The highest BCUT2D eigenvalue weighted by Crippen LogP contribution is 2.36. The quantitative estimate of drug-likeness (QED) is 0.693. The molecular formula is C19H20ClF3N2O3S. The summed E-state index contributed by atoms with van der Waals surface area (Å²) in [4.78, 5) is 1.64. The van der Waals surface area contributed by atoms with Crippen LogP contribution in [-0.2, 0) is 27.5 Å². The van der Waals surface area contributed by atoms with E-state index in [-0.39, 0.29) is 6.54 Å². The largest absolute Gasteiger partial charge is 0.417 e. The van der Waals surface area contributed by atoms with Crippen LogP contribution in [0.5, 0.6) is 0 Å². The summed E-state index contributed by atoms with van der Waals surface area (Å²) in [6.07, 6.45) is -4.75. The Balaban J connectivity index is 1.89. The average Bonchev–Trinajstić information content (AvgIpc) is 2.68. The van der Waals surface area contributed by atoms with Gasteiger partial charge >= 0.3 is 6.18 Å². The lowest BCUT2D eigenvalue weighted by molar-refractivity contribution is -0.137. The van der Waals surface area contributed by atoms with Crippen molar-refractivity contribution in [3.8, 4) is 0 Å². The number of rotatable bonds is 5. The normalized spacial score (nSPS) is 15.7. The van der Waals surface area contributed by atoms with Crippen LogP contribution >= 0.6 is 11.6 Å². The van der Waals surface area contributed by atoms with Crippen LogP contribution in [0.2, 0.25) is 5.02 Å². The molecule has 10 heteroatoms. The molecule has 0 atom stereocenters. The Morgan fingerprint density at radius 1 is 1.14 bits per heavy atom. The maximum absolute atomic E-state index is 13.1. The van der Waals surface area contributed by atoms with E-state index >= 15 is 0 Å². The van der Waals surface area contributed by atoms with Crippen LogP contribution in [0.15, 0.2) is 47.4 Å². The first-order chi connectivity index (χ1) is 13.6. The molecular weight excluding hydrogens is 429 g/mol. The first-order valence-corrected chi connectivity index (χ1v) is 10.7. The van der Waals surface area contributed by atoms with Gasteiger partial charge in [0.25, 0.3) is 0 Å². The number of hydrogen-bond acceptors (Lipinski definition) is 4. The van der Waals surface area contributed by atoms with Crippen molar-refractivity contribution in [3.05, 3.63) is 58.6 Å². The predicted octanol–water partition coefficient (Wildman–Crippen LogP) is 4.02. The molecule has 1 aliphatic heterocycles. The number of sulfonamides is 1. The summed E-state index contributed by atoms with van der Waals surface area (Å²) in [5.41, 5.74) is 0.456. The molecule has 1 saturated heterocycles. The van der Waals surface area contributed by atoms with E-state index in [4.69, 9.17) is 16.3 Å². The Morgan fingerprint density at radius 3 is 2.45 bits per heavy atom. The van der Waals surface area contributed by atoms with Crippen molar-refractivity contribution in [2.24, 2.45) is 0 Å². The first-order valence-electron chi connectivity index (χ1n) is 8.84. The van der Waals surface area contributed by atoms with E-state index < -0.39 is 31.7 Å². The monoisotopic (exact) mass is 448 g/mol. The Hall–Kier alpha value is -1.81. The summed E-state index contributed by atoms with van der Waals surface area (Å²) in [5, 5.41) is -0.545. The molecule has 0 amide bonds. The molecule has 29 heavy (non-hydrogen) atoms. The van der Waals surface area contributed by atoms with Gasteiger partial charge < -0.3 is 9.64 Å². The molecule has 5 nitrogen and oxygen atoms in total. The molecule has 158 valence electrons. The lowest BCUT2D eigenvalue weighted by Crippen LogP contribution is -2.37. The van der Waals surface area contributed by atoms with Gasteiger partial charge in [-0.1, -0.05) is 29.8 Å². The number of anilines is 1. The van der Waals surface area contributed by atoms with Gasteiger partial charge in [0.2, 0.25) is 10.0 Å². The Kier molecular flexibility index (Phi) is 6.42. The highest BCUT2D eigenvalue weighted by molar-refractivity contribution is 7.89. The standard InChI is InChI=1S/C19H20ClF3N2O3S/c1-24(13-14-4-2-3-5-18(14)25-8-10-28-11-9-25)29(26,27)15-6-7-17(20)16(12-15)19(21,22)23/h2-7,12H,8-11,13H2,1H3. The number of hydrogen-bond donors (Lipinski definition) is 0. The second kappa shape index (κ2) is 8.51. The van der Waals surface area contributed by atoms with E-state index in [1.165, 1.54) is 7.05 Å². The number of para-hydroxylation sites is 1. The smallest absolute Gasteiger partial charge is 0.378 e. The molecule has 2 aromatic carbocycles. The molecule has 0 saturated carbocycles. The van der Waals surface area contributed by atoms with Gasteiger partial charge in [-0.05, 0) is 29.8 Å². The average molecular weight is 449 g/mol. The number of halogens is 4. The zero-order valence-electron chi connectivity index (χ0n) is 15.6. The number of benzene rings is 2. The van der Waals surface area contributed by atoms with Crippen LogP contribution in [0.1, 0.15) is 11.1 Å². The summed E-state index contributed by atoms with van der Waals surface area (Å²) in [7, 11) is -2.81. The zero-order valence-corrected chi connectivity index (χ0v) is 17.2. The highest BCUT2D eigenvalue weighted by Gasteiger charge is 2.35. The van der Waals surface area contributed by atoms with Crippen molar-refractivity contribution < 1.29 is 26.3 Å². The molecule has 3 rings (SSSR count). The van der Waals surface area contributed by atoms with Crippen LogP contribution in [0.25, 0.3) is 0 Å². The van der Waals surface area contributed by atoms with Crippen molar-refractivity contribution >= 4 is 27.3 Å².